The summed E-state index contributed by atoms with van der Waals surface area (Å²) in [6.07, 6.45) is 9.76. The van der Waals surface area contributed by atoms with Gasteiger partial charge in [-0.1, -0.05) is 11.3 Å². The molecule has 0 bridgehead atoms. The number of aromatic nitrogens is 5. The van der Waals surface area contributed by atoms with E-state index in [0.29, 0.717) is 30.7 Å². The van der Waals surface area contributed by atoms with Crippen molar-refractivity contribution >= 4 is 22.5 Å². The fourth-order valence-corrected chi connectivity index (χ4v) is 6.73. The molecule has 6 rings (SSSR count). The second-order valence-electron chi connectivity index (χ2n) is 9.94. The van der Waals surface area contributed by atoms with Gasteiger partial charge in [0.1, 0.15) is 16.1 Å². The molecule has 5 heterocycles. The van der Waals surface area contributed by atoms with Gasteiger partial charge in [0.25, 0.3) is 0 Å². The highest BCUT2D eigenvalue weighted by Crippen LogP contribution is 2.41. The maximum absolute atomic E-state index is 9.19. The molecule has 0 spiro atoms. The maximum Gasteiger partial charge on any atom is 0.143 e. The molecule has 1 saturated carbocycles. The molecule has 190 valence electrons. The number of rotatable bonds is 6. The van der Waals surface area contributed by atoms with Crippen molar-refractivity contribution < 1.29 is 4.74 Å². The average molecular weight is 515 g/mol. The molecule has 0 aromatic carbocycles. The van der Waals surface area contributed by atoms with E-state index in [1.807, 2.05) is 35.0 Å². The quantitative estimate of drug-likeness (QED) is 0.387. The first-order valence-corrected chi connectivity index (χ1v) is 13.7. The maximum atomic E-state index is 9.19. The first kappa shape index (κ1) is 24.0. The van der Waals surface area contributed by atoms with Gasteiger partial charge < -0.3 is 15.4 Å². The minimum absolute atomic E-state index is 0.323. The highest BCUT2D eigenvalue weighted by Gasteiger charge is 2.39. The lowest BCUT2D eigenvalue weighted by Gasteiger charge is -2.37. The lowest BCUT2D eigenvalue weighted by molar-refractivity contribution is 0.0591. The zero-order chi connectivity index (χ0) is 25.2. The Hall–Kier alpha value is -3.39. The van der Waals surface area contributed by atoms with Crippen LogP contribution in [0, 0.1) is 11.3 Å². The molecule has 1 aliphatic carbocycles. The Balaban J connectivity index is 1.28. The third kappa shape index (κ3) is 4.70. The molecule has 1 saturated heterocycles. The van der Waals surface area contributed by atoms with Crippen LogP contribution in [-0.4, -0.2) is 51.1 Å². The zero-order valence-corrected chi connectivity index (χ0v) is 21.7. The molecule has 37 heavy (non-hydrogen) atoms. The molecule has 4 aromatic heterocycles. The molecule has 9 nitrogen and oxygen atoms in total. The van der Waals surface area contributed by atoms with Crippen molar-refractivity contribution in [2.24, 2.45) is 0 Å². The standard InChI is InChI=1S/C27H30N8OS/c1-29-20-4-2-19(3-5-20)25-33-34-26(37-25)27(9-12-36-13-10-27)32-21-8-11-30-23(15-21)24-7-6-22-14-18(16-28)17-31-35(22)24/h6-8,11,14-15,17,19-20,29H,2-5,9-10,12-13H2,1H3,(H,30,32). The topological polar surface area (TPSA) is 113 Å². The van der Waals surface area contributed by atoms with E-state index < -0.39 is 0 Å². The van der Waals surface area contributed by atoms with Gasteiger partial charge in [-0.15, -0.1) is 10.2 Å². The largest absolute Gasteiger partial charge is 0.381 e. The van der Waals surface area contributed by atoms with Gasteiger partial charge in [0.2, 0.25) is 0 Å². The van der Waals surface area contributed by atoms with Gasteiger partial charge in [-0.3, -0.25) is 4.98 Å². The van der Waals surface area contributed by atoms with Crippen molar-refractivity contribution in [1.82, 2.24) is 30.1 Å². The monoisotopic (exact) mass is 514 g/mol. The Kier molecular flexibility index (Phi) is 6.59. The van der Waals surface area contributed by atoms with Crippen LogP contribution in [0.3, 0.4) is 0 Å². The Morgan fingerprint density at radius 1 is 1.11 bits per heavy atom. The van der Waals surface area contributed by atoms with E-state index in [0.717, 1.165) is 58.3 Å². The highest BCUT2D eigenvalue weighted by molar-refractivity contribution is 7.11. The number of ether oxygens (including phenoxy) is 1. The molecule has 0 amide bonds. The van der Waals surface area contributed by atoms with Crippen LogP contribution in [0.5, 0.6) is 0 Å². The summed E-state index contributed by atoms with van der Waals surface area (Å²) < 4.78 is 7.56. The Labute approximate surface area is 219 Å². The van der Waals surface area contributed by atoms with Crippen molar-refractivity contribution in [2.45, 2.75) is 56.0 Å². The molecular weight excluding hydrogens is 484 g/mol. The molecule has 2 aliphatic rings. The number of nitrogens with zero attached hydrogens (tertiary/aromatic N) is 6. The summed E-state index contributed by atoms with van der Waals surface area (Å²) in [7, 11) is 2.05. The normalized spacial score (nSPS) is 21.5. The first-order chi connectivity index (χ1) is 18.2. The zero-order valence-electron chi connectivity index (χ0n) is 20.9. The first-order valence-electron chi connectivity index (χ1n) is 12.9. The van der Waals surface area contributed by atoms with Gasteiger partial charge in [-0.05, 0) is 63.1 Å². The molecule has 2 fully saturated rings. The van der Waals surface area contributed by atoms with Gasteiger partial charge in [0.05, 0.1) is 34.2 Å². The summed E-state index contributed by atoms with van der Waals surface area (Å²) in [5.41, 5.74) is 3.73. The van der Waals surface area contributed by atoms with Gasteiger partial charge >= 0.3 is 0 Å². The molecule has 0 radical (unpaired) electrons. The average Bonchev–Trinajstić information content (AvgIpc) is 3.62. The van der Waals surface area contributed by atoms with Crippen LogP contribution in [0.25, 0.3) is 16.9 Å². The summed E-state index contributed by atoms with van der Waals surface area (Å²) >= 11 is 1.76. The molecule has 4 aromatic rings. The van der Waals surface area contributed by atoms with Crippen LogP contribution in [0.1, 0.15) is 60.0 Å². The van der Waals surface area contributed by atoms with Crippen LogP contribution in [-0.2, 0) is 10.3 Å². The summed E-state index contributed by atoms with van der Waals surface area (Å²) in [6.45, 7) is 1.36. The van der Waals surface area contributed by atoms with Crippen molar-refractivity contribution in [1.29, 1.82) is 5.26 Å². The van der Waals surface area contributed by atoms with Gasteiger partial charge in [-0.25, -0.2) is 4.52 Å². The number of fused-ring (bicyclic) bond motifs is 1. The predicted molar refractivity (Wildman–Crippen MR) is 142 cm³/mol. The predicted octanol–water partition coefficient (Wildman–Crippen LogP) is 4.48. The van der Waals surface area contributed by atoms with E-state index in [2.05, 4.69) is 45.0 Å². The van der Waals surface area contributed by atoms with Crippen molar-refractivity contribution in [3.05, 3.63) is 58.3 Å². The number of hydrogen-bond donors (Lipinski definition) is 2. The van der Waals surface area contributed by atoms with Crippen LogP contribution in [0.15, 0.2) is 42.7 Å². The van der Waals surface area contributed by atoms with Crippen molar-refractivity contribution in [2.75, 3.05) is 25.6 Å². The molecule has 1 aliphatic heterocycles. The number of hydrogen-bond acceptors (Lipinski definition) is 9. The van der Waals surface area contributed by atoms with Crippen LogP contribution < -0.4 is 10.6 Å². The molecule has 2 N–H and O–H groups in total. The minimum atomic E-state index is -0.323. The highest BCUT2D eigenvalue weighted by atomic mass is 32.1. The van der Waals surface area contributed by atoms with Crippen molar-refractivity contribution in [3.8, 4) is 17.5 Å². The van der Waals surface area contributed by atoms with Gasteiger partial charge in [0, 0.05) is 49.9 Å². The fraction of sp³-hybridized carbons (Fsp3) is 0.444. The summed E-state index contributed by atoms with van der Waals surface area (Å²) in [4.78, 5) is 4.62. The number of pyridine rings is 1. The van der Waals surface area contributed by atoms with E-state index in [4.69, 9.17) is 9.84 Å². The Morgan fingerprint density at radius 3 is 2.73 bits per heavy atom. The van der Waals surface area contributed by atoms with E-state index in [1.165, 1.54) is 12.8 Å². The third-order valence-electron chi connectivity index (χ3n) is 7.72. The molecular formula is C27H30N8OS. The van der Waals surface area contributed by atoms with E-state index in [1.54, 1.807) is 17.5 Å². The Bertz CT molecular complexity index is 1430. The smallest absolute Gasteiger partial charge is 0.143 e. The lowest BCUT2D eigenvalue weighted by atomic mass is 9.86. The number of anilines is 1. The van der Waals surface area contributed by atoms with Crippen LogP contribution >= 0.6 is 11.3 Å². The molecule has 0 atom stereocenters. The Morgan fingerprint density at radius 2 is 1.95 bits per heavy atom. The van der Waals surface area contributed by atoms with Gasteiger partial charge in [0.15, 0.2) is 0 Å². The summed E-state index contributed by atoms with van der Waals surface area (Å²) in [5, 5.41) is 32.5. The fourth-order valence-electron chi connectivity index (χ4n) is 5.51. The second-order valence-corrected chi connectivity index (χ2v) is 11.0. The SMILES string of the molecule is CNC1CCC(c2nnc(C3(Nc4ccnc(-c5ccc6cc(C#N)cnn56)c4)CCOCC3)s2)CC1. The number of nitrogens with one attached hydrogen (secondary N) is 2. The van der Waals surface area contributed by atoms with E-state index in [-0.39, 0.29) is 5.54 Å². The molecule has 0 unspecified atom stereocenters. The third-order valence-corrected chi connectivity index (χ3v) is 9.01. The van der Waals surface area contributed by atoms with E-state index in [9.17, 15) is 5.26 Å². The van der Waals surface area contributed by atoms with Crippen LogP contribution in [0.4, 0.5) is 5.69 Å². The summed E-state index contributed by atoms with van der Waals surface area (Å²) in [6, 6.07) is 12.6. The molecule has 10 heteroatoms. The van der Waals surface area contributed by atoms with Gasteiger partial charge in [-0.2, -0.15) is 10.4 Å². The lowest BCUT2D eigenvalue weighted by Crippen LogP contribution is -2.41. The summed E-state index contributed by atoms with van der Waals surface area (Å²) in [5.74, 6) is 0.497. The van der Waals surface area contributed by atoms with E-state index >= 15 is 0 Å². The van der Waals surface area contributed by atoms with Crippen LogP contribution in [0.2, 0.25) is 0 Å². The number of nitriles is 1. The second kappa shape index (κ2) is 10.2. The van der Waals surface area contributed by atoms with Crippen molar-refractivity contribution in [3.63, 3.8) is 0 Å². The minimum Gasteiger partial charge on any atom is -0.381 e.